The number of benzene rings is 4. The summed E-state index contributed by atoms with van der Waals surface area (Å²) in [5, 5.41) is 9.38. The molecule has 0 bridgehead atoms. The molecule has 0 N–H and O–H groups in total. The summed E-state index contributed by atoms with van der Waals surface area (Å²) in [7, 11) is 0. The minimum atomic E-state index is 0. The third kappa shape index (κ3) is 5.70. The fourth-order valence-corrected chi connectivity index (χ4v) is 7.56. The third-order valence-electron chi connectivity index (χ3n) is 8.01. The van der Waals surface area contributed by atoms with Gasteiger partial charge in [-0.25, -0.2) is 4.98 Å². The van der Waals surface area contributed by atoms with Crippen molar-refractivity contribution >= 4 is 45.3 Å². The van der Waals surface area contributed by atoms with Gasteiger partial charge < -0.3 is 9.30 Å². The van der Waals surface area contributed by atoms with Crippen molar-refractivity contribution in [1.29, 1.82) is 0 Å². The topological polar surface area (TPSA) is 44.9 Å². The van der Waals surface area contributed by atoms with E-state index in [1.807, 2.05) is 41.2 Å². The average molecular weight is 820 g/mol. The van der Waals surface area contributed by atoms with Crippen molar-refractivity contribution < 1.29 is 25.8 Å². The van der Waals surface area contributed by atoms with Crippen molar-refractivity contribution in [2.45, 2.75) is 37.7 Å². The van der Waals surface area contributed by atoms with Crippen molar-refractivity contribution in [3.8, 4) is 34.1 Å². The van der Waals surface area contributed by atoms with Crippen LogP contribution < -0.4 is 4.74 Å². The van der Waals surface area contributed by atoms with E-state index in [0.29, 0.717) is 11.5 Å². The first-order valence-electron chi connectivity index (χ1n) is 14.7. The number of rotatable bonds is 7. The Hall–Kier alpha value is -3.77. The van der Waals surface area contributed by atoms with E-state index in [-0.39, 0.29) is 21.1 Å². The van der Waals surface area contributed by atoms with Crippen molar-refractivity contribution in [2.75, 3.05) is 12.5 Å². The van der Waals surface area contributed by atoms with Crippen LogP contribution in [0.2, 0.25) is 0 Å². The van der Waals surface area contributed by atoms with Gasteiger partial charge in [0.2, 0.25) is 0 Å². The van der Waals surface area contributed by atoms with Crippen LogP contribution in [-0.4, -0.2) is 31.8 Å². The average Bonchev–Trinajstić information content (AvgIpc) is 3.56. The largest absolute Gasteiger partial charge is 2.00 e. The second-order valence-corrected chi connectivity index (χ2v) is 12.8. The Bertz CT molecular complexity index is 2210. The number of fused-ring (bicyclic) bond motifs is 3. The summed E-state index contributed by atoms with van der Waals surface area (Å²) in [6, 6.07) is 34.0. The third-order valence-corrected chi connectivity index (χ3v) is 9.45. The van der Waals surface area contributed by atoms with Crippen LogP contribution in [-0.2, 0) is 21.1 Å². The number of aromatic nitrogens is 4. The summed E-state index contributed by atoms with van der Waals surface area (Å²) in [6.45, 7) is 8.59. The molecule has 7 aromatic rings. The molecule has 0 aliphatic rings. The second-order valence-electron chi connectivity index (χ2n) is 11.2. The van der Waals surface area contributed by atoms with Gasteiger partial charge in [0.05, 0.1) is 0 Å². The monoisotopic (exact) mass is 819 g/mol. The number of thioether (sulfide) groups is 2. The molecule has 0 unspecified atom stereocenters. The molecule has 5 nitrogen and oxygen atoms in total. The van der Waals surface area contributed by atoms with Gasteiger partial charge in [0.25, 0.3) is 0 Å². The summed E-state index contributed by atoms with van der Waals surface area (Å²) in [5.41, 5.74) is 10.1. The molecule has 46 heavy (non-hydrogen) atoms. The van der Waals surface area contributed by atoms with Gasteiger partial charge in [0.15, 0.2) is 0 Å². The summed E-state index contributed by atoms with van der Waals surface area (Å²) in [6.07, 6.45) is 6.03. The standard InChI is InChI=1S/C38H32N4OS2.Pt/c1-23-16-17-39-34(20-23)41-32-13-8-7-12-30(32)31-15-14-29(22-33(31)41)43-28-11-9-10-27(21-28)42-38(45-6)36(37(40-42)44-5)35-25(3)18-24(2)19-26(35)4;/h7-20H,1-6H3;/q-2;+2. The fourth-order valence-electron chi connectivity index (χ4n) is 6.22. The molecule has 4 aromatic carbocycles. The first kappa shape index (κ1) is 32.2. The van der Waals surface area contributed by atoms with Gasteiger partial charge in [-0.05, 0) is 91.7 Å². The van der Waals surface area contributed by atoms with Crippen LogP contribution in [0.25, 0.3) is 44.4 Å². The molecule has 0 saturated carbocycles. The molecule has 3 aromatic heterocycles. The maximum Gasteiger partial charge on any atom is 2.00 e. The number of hydrogen-bond acceptors (Lipinski definition) is 5. The number of aryl methyl sites for hydroxylation is 4. The Labute approximate surface area is 292 Å². The van der Waals surface area contributed by atoms with E-state index in [0.717, 1.165) is 48.9 Å². The minimum absolute atomic E-state index is 0. The Balaban J connectivity index is 0.00000372. The van der Waals surface area contributed by atoms with Gasteiger partial charge in [0, 0.05) is 28.8 Å². The van der Waals surface area contributed by atoms with Crippen LogP contribution >= 0.6 is 23.5 Å². The van der Waals surface area contributed by atoms with Crippen molar-refractivity contribution in [3.63, 3.8) is 0 Å². The van der Waals surface area contributed by atoms with Crippen LogP contribution in [0.5, 0.6) is 11.5 Å². The quantitative estimate of drug-likeness (QED) is 0.118. The summed E-state index contributed by atoms with van der Waals surface area (Å²) >= 11 is 3.36. The zero-order chi connectivity index (χ0) is 31.2. The zero-order valence-corrected chi connectivity index (χ0v) is 30.3. The summed E-state index contributed by atoms with van der Waals surface area (Å²) < 4.78 is 10.6. The number of ether oxygens (including phenoxy) is 1. The van der Waals surface area contributed by atoms with E-state index in [9.17, 15) is 0 Å². The van der Waals surface area contributed by atoms with Crippen LogP contribution in [0.3, 0.4) is 0 Å². The molecular formula is C38H32N4OPtS2. The number of hydrogen-bond donors (Lipinski definition) is 0. The Morgan fingerprint density at radius 3 is 2.22 bits per heavy atom. The van der Waals surface area contributed by atoms with Crippen LogP contribution in [0, 0.1) is 39.8 Å². The van der Waals surface area contributed by atoms with E-state index in [4.69, 9.17) is 14.8 Å². The molecule has 0 spiro atoms. The first-order chi connectivity index (χ1) is 21.9. The van der Waals surface area contributed by atoms with Crippen molar-refractivity contribution in [3.05, 3.63) is 119 Å². The number of nitrogens with zero attached hydrogens (tertiary/aromatic N) is 4. The maximum atomic E-state index is 6.43. The SMILES string of the molecule is CSc1nn(-c2[c-]c(Oc3[c-]c4c(cc3)c3ccccc3n4-c3cc(C)ccn3)ccc2)c(SC)c1-c1c(C)cc(C)cc1C.[Pt+2]. The Morgan fingerprint density at radius 1 is 0.717 bits per heavy atom. The molecule has 7 rings (SSSR count). The van der Waals surface area contributed by atoms with Crippen LogP contribution in [0.1, 0.15) is 22.3 Å². The van der Waals surface area contributed by atoms with Gasteiger partial charge >= 0.3 is 21.1 Å². The van der Waals surface area contributed by atoms with E-state index < -0.39 is 0 Å². The predicted molar refractivity (Wildman–Crippen MR) is 188 cm³/mol. The summed E-state index contributed by atoms with van der Waals surface area (Å²) in [4.78, 5) is 4.69. The molecule has 0 aliphatic heterocycles. The van der Waals surface area contributed by atoms with Gasteiger partial charge in [-0.3, -0.25) is 4.68 Å². The molecule has 8 heteroatoms. The maximum absolute atomic E-state index is 6.43. The molecule has 0 atom stereocenters. The smallest absolute Gasteiger partial charge is 0.509 e. The number of para-hydroxylation sites is 1. The van der Waals surface area contributed by atoms with Gasteiger partial charge in [-0.1, -0.05) is 41.4 Å². The minimum Gasteiger partial charge on any atom is -0.509 e. The molecule has 0 fully saturated rings. The fraction of sp³-hybridized carbons (Fsp3) is 0.158. The van der Waals surface area contributed by atoms with E-state index in [1.54, 1.807) is 23.5 Å². The predicted octanol–water partition coefficient (Wildman–Crippen LogP) is 10.1. The molecule has 0 saturated heterocycles. The first-order valence-corrected chi connectivity index (χ1v) is 17.2. The molecule has 3 heterocycles. The van der Waals surface area contributed by atoms with Gasteiger partial charge in [-0.2, -0.15) is 17.2 Å². The van der Waals surface area contributed by atoms with Crippen LogP contribution in [0.15, 0.2) is 95.1 Å². The van der Waals surface area contributed by atoms with Crippen molar-refractivity contribution in [1.82, 2.24) is 19.3 Å². The van der Waals surface area contributed by atoms with E-state index in [1.165, 1.54) is 27.8 Å². The normalized spacial score (nSPS) is 11.3. The van der Waals surface area contributed by atoms with Crippen molar-refractivity contribution in [2.24, 2.45) is 0 Å². The number of pyridine rings is 1. The molecular weight excluding hydrogens is 788 g/mol. The van der Waals surface area contributed by atoms with E-state index >= 15 is 0 Å². The van der Waals surface area contributed by atoms with Gasteiger partial charge in [-0.15, -0.1) is 59.2 Å². The molecule has 0 radical (unpaired) electrons. The summed E-state index contributed by atoms with van der Waals surface area (Å²) in [5.74, 6) is 2.05. The Morgan fingerprint density at radius 2 is 1.48 bits per heavy atom. The molecule has 0 amide bonds. The van der Waals surface area contributed by atoms with Crippen LogP contribution in [0.4, 0.5) is 0 Å². The molecule has 232 valence electrons. The van der Waals surface area contributed by atoms with E-state index in [2.05, 4.69) is 105 Å². The molecule has 0 aliphatic carbocycles. The second kappa shape index (κ2) is 13.2. The zero-order valence-electron chi connectivity index (χ0n) is 26.4. The Kier molecular flexibility index (Phi) is 9.20. The van der Waals surface area contributed by atoms with Gasteiger partial charge in [0.1, 0.15) is 15.9 Å².